The molecule has 0 amide bonds. The van der Waals surface area contributed by atoms with Gasteiger partial charge in [-0.2, -0.15) is 0 Å². The number of rotatable bonds is 5. The summed E-state index contributed by atoms with van der Waals surface area (Å²) in [6, 6.07) is 8.30. The van der Waals surface area contributed by atoms with Crippen LogP contribution in [0.2, 0.25) is 0 Å². The molecule has 1 aromatic rings. The van der Waals surface area contributed by atoms with Crippen molar-refractivity contribution in [2.75, 3.05) is 6.61 Å². The van der Waals surface area contributed by atoms with Crippen LogP contribution in [0.4, 0.5) is 0 Å². The Labute approximate surface area is 105 Å². The molecule has 0 saturated heterocycles. The zero-order chi connectivity index (χ0) is 11.1. The summed E-state index contributed by atoms with van der Waals surface area (Å²) >= 11 is 2.17. The highest BCUT2D eigenvalue weighted by Gasteiger charge is 1.98. The normalized spacial score (nSPS) is 13.0. The van der Waals surface area contributed by atoms with E-state index in [2.05, 4.69) is 34.7 Å². The fraction of sp³-hybridized carbons (Fsp3) is 0.333. The van der Waals surface area contributed by atoms with Gasteiger partial charge in [-0.15, -0.1) is 0 Å². The Morgan fingerprint density at radius 2 is 2.07 bits per heavy atom. The minimum absolute atomic E-state index is 0.207. The van der Waals surface area contributed by atoms with Gasteiger partial charge in [0.05, 0.1) is 0 Å². The van der Waals surface area contributed by atoms with Crippen molar-refractivity contribution in [1.82, 2.24) is 0 Å². The summed E-state index contributed by atoms with van der Waals surface area (Å²) < 4.78 is 7.43. The van der Waals surface area contributed by atoms with Crippen LogP contribution in [0.25, 0.3) is 0 Å². The van der Waals surface area contributed by atoms with Gasteiger partial charge in [-0.1, -0.05) is 34.7 Å². The Morgan fingerprint density at radius 1 is 1.40 bits per heavy atom. The van der Waals surface area contributed by atoms with Crippen molar-refractivity contribution in [3.05, 3.63) is 40.0 Å². The van der Waals surface area contributed by atoms with Gasteiger partial charge in [0.15, 0.2) is 0 Å². The lowest BCUT2D eigenvalue weighted by molar-refractivity contribution is 0.363. The summed E-state index contributed by atoms with van der Waals surface area (Å²) in [5, 5.41) is 0. The van der Waals surface area contributed by atoms with Crippen molar-refractivity contribution in [1.29, 1.82) is 0 Å². The van der Waals surface area contributed by atoms with Gasteiger partial charge in [0, 0.05) is 6.04 Å². The molecule has 15 heavy (non-hydrogen) atoms. The van der Waals surface area contributed by atoms with Crippen LogP contribution in [-0.2, 0) is 6.42 Å². The van der Waals surface area contributed by atoms with E-state index >= 15 is 0 Å². The zero-order valence-corrected chi connectivity index (χ0v) is 11.0. The van der Waals surface area contributed by atoms with Crippen LogP contribution in [0.5, 0.6) is 5.75 Å². The molecule has 0 aliphatic rings. The van der Waals surface area contributed by atoms with Gasteiger partial charge in [0.1, 0.15) is 12.4 Å². The standard InChI is InChI=1S/C12H16INO/c1-10(14)9-11-3-5-12(6-4-11)15-8-2-7-13/h2-7,10H,8-9,14H2,1H3/b7-2+. The molecule has 1 aromatic carbocycles. The lowest BCUT2D eigenvalue weighted by Crippen LogP contribution is -2.17. The summed E-state index contributed by atoms with van der Waals surface area (Å²) in [4.78, 5) is 0. The van der Waals surface area contributed by atoms with E-state index in [1.54, 1.807) is 0 Å². The van der Waals surface area contributed by atoms with Gasteiger partial charge in [-0.05, 0) is 41.2 Å². The van der Waals surface area contributed by atoms with Gasteiger partial charge in [-0.25, -0.2) is 0 Å². The molecular weight excluding hydrogens is 301 g/mol. The maximum Gasteiger partial charge on any atom is 0.119 e. The van der Waals surface area contributed by atoms with Gasteiger partial charge >= 0.3 is 0 Å². The molecule has 0 saturated carbocycles. The Bertz CT molecular complexity index is 306. The first-order valence-corrected chi connectivity index (χ1v) is 6.19. The molecular formula is C12H16INO. The third-order valence-corrected chi connectivity index (χ3v) is 2.42. The molecule has 0 aromatic heterocycles. The molecule has 0 aliphatic carbocycles. The Hall–Kier alpha value is -0.550. The molecule has 1 atom stereocenters. The Morgan fingerprint density at radius 3 is 2.60 bits per heavy atom. The summed E-state index contributed by atoms with van der Waals surface area (Å²) in [5.74, 6) is 0.901. The van der Waals surface area contributed by atoms with Crippen LogP contribution >= 0.6 is 22.6 Å². The highest BCUT2D eigenvalue weighted by Crippen LogP contribution is 2.13. The lowest BCUT2D eigenvalue weighted by Gasteiger charge is -2.07. The molecule has 2 nitrogen and oxygen atoms in total. The summed E-state index contributed by atoms with van der Waals surface area (Å²) in [5.41, 5.74) is 6.97. The average Bonchev–Trinajstić information content (AvgIpc) is 2.20. The molecule has 82 valence electrons. The molecule has 3 heteroatoms. The topological polar surface area (TPSA) is 35.2 Å². The van der Waals surface area contributed by atoms with Gasteiger partial charge in [0.2, 0.25) is 0 Å². The lowest BCUT2D eigenvalue weighted by atomic mass is 10.1. The second kappa shape index (κ2) is 6.85. The van der Waals surface area contributed by atoms with E-state index in [0.717, 1.165) is 12.2 Å². The van der Waals surface area contributed by atoms with Crippen molar-refractivity contribution >= 4 is 22.6 Å². The fourth-order valence-electron chi connectivity index (χ4n) is 1.27. The Balaban J connectivity index is 2.48. The number of benzene rings is 1. The van der Waals surface area contributed by atoms with Crippen LogP contribution in [0.1, 0.15) is 12.5 Å². The molecule has 0 bridgehead atoms. The first kappa shape index (κ1) is 12.5. The molecule has 0 heterocycles. The van der Waals surface area contributed by atoms with E-state index in [9.17, 15) is 0 Å². The van der Waals surface area contributed by atoms with Crippen molar-refractivity contribution in [2.24, 2.45) is 5.73 Å². The van der Waals surface area contributed by atoms with Crippen molar-refractivity contribution in [3.8, 4) is 5.75 Å². The maximum absolute atomic E-state index is 5.72. The minimum atomic E-state index is 0.207. The minimum Gasteiger partial charge on any atom is -0.490 e. The van der Waals surface area contributed by atoms with Crippen molar-refractivity contribution < 1.29 is 4.74 Å². The summed E-state index contributed by atoms with van der Waals surface area (Å²) in [7, 11) is 0. The van der Waals surface area contributed by atoms with E-state index < -0.39 is 0 Å². The first-order valence-electron chi connectivity index (χ1n) is 4.95. The SMILES string of the molecule is CC(N)Cc1ccc(OC/C=C/I)cc1. The molecule has 2 N–H and O–H groups in total. The maximum atomic E-state index is 5.72. The van der Waals surface area contributed by atoms with Crippen molar-refractivity contribution in [3.63, 3.8) is 0 Å². The van der Waals surface area contributed by atoms with Gasteiger partial charge in [0.25, 0.3) is 0 Å². The number of hydrogen-bond acceptors (Lipinski definition) is 2. The smallest absolute Gasteiger partial charge is 0.119 e. The van der Waals surface area contributed by atoms with E-state index in [-0.39, 0.29) is 6.04 Å². The molecule has 0 aliphatic heterocycles. The quantitative estimate of drug-likeness (QED) is 0.848. The third-order valence-electron chi connectivity index (χ3n) is 1.92. The van der Waals surface area contributed by atoms with E-state index in [4.69, 9.17) is 10.5 Å². The van der Waals surface area contributed by atoms with Crippen LogP contribution < -0.4 is 10.5 Å². The molecule has 0 radical (unpaired) electrons. The number of ether oxygens (including phenoxy) is 1. The van der Waals surface area contributed by atoms with Crippen LogP contribution in [0, 0.1) is 0 Å². The highest BCUT2D eigenvalue weighted by molar-refractivity contribution is 14.1. The zero-order valence-electron chi connectivity index (χ0n) is 8.82. The van der Waals surface area contributed by atoms with Gasteiger partial charge < -0.3 is 10.5 Å². The predicted molar refractivity (Wildman–Crippen MR) is 72.5 cm³/mol. The number of halogens is 1. The second-order valence-corrected chi connectivity index (χ2v) is 4.22. The summed E-state index contributed by atoms with van der Waals surface area (Å²) in [6.07, 6.45) is 2.88. The average molecular weight is 317 g/mol. The van der Waals surface area contributed by atoms with Crippen LogP contribution in [0.15, 0.2) is 34.4 Å². The van der Waals surface area contributed by atoms with Crippen LogP contribution in [0.3, 0.4) is 0 Å². The molecule has 1 unspecified atom stereocenters. The molecule has 0 fully saturated rings. The van der Waals surface area contributed by atoms with E-state index in [1.165, 1.54) is 5.56 Å². The summed E-state index contributed by atoms with van der Waals surface area (Å²) in [6.45, 7) is 2.63. The predicted octanol–water partition coefficient (Wildman–Crippen LogP) is 2.90. The molecule has 1 rings (SSSR count). The van der Waals surface area contributed by atoms with E-state index in [1.807, 2.05) is 29.2 Å². The monoisotopic (exact) mass is 317 g/mol. The van der Waals surface area contributed by atoms with Crippen LogP contribution in [-0.4, -0.2) is 12.6 Å². The highest BCUT2D eigenvalue weighted by atomic mass is 127. The van der Waals surface area contributed by atoms with Crippen molar-refractivity contribution in [2.45, 2.75) is 19.4 Å². The van der Waals surface area contributed by atoms with E-state index in [0.29, 0.717) is 6.61 Å². The number of nitrogens with two attached hydrogens (primary N) is 1. The Kier molecular flexibility index (Phi) is 5.71. The third kappa shape index (κ3) is 5.18. The largest absolute Gasteiger partial charge is 0.490 e. The number of hydrogen-bond donors (Lipinski definition) is 1. The first-order chi connectivity index (χ1) is 7.22. The molecule has 0 spiro atoms. The fourth-order valence-corrected chi connectivity index (χ4v) is 1.48. The second-order valence-electron chi connectivity index (χ2n) is 3.50. The van der Waals surface area contributed by atoms with Gasteiger partial charge in [-0.3, -0.25) is 0 Å².